The number of ether oxygens (including phenoxy) is 1. The van der Waals surface area contributed by atoms with Crippen molar-refractivity contribution in [2.75, 3.05) is 18.8 Å². The minimum absolute atomic E-state index is 0.0151. The molecule has 5 nitrogen and oxygen atoms in total. The van der Waals surface area contributed by atoms with Gasteiger partial charge in [0.15, 0.2) is 0 Å². The van der Waals surface area contributed by atoms with Crippen LogP contribution in [0.3, 0.4) is 0 Å². The zero-order valence-corrected chi connectivity index (χ0v) is 11.9. The monoisotopic (exact) mass is 272 g/mol. The number of thiol groups is 1. The maximum atomic E-state index is 11.9. The third-order valence-electron chi connectivity index (χ3n) is 2.35. The van der Waals surface area contributed by atoms with Crippen LogP contribution in [0.25, 0.3) is 0 Å². The number of hydrogen-bond acceptors (Lipinski definition) is 4. The Morgan fingerprint density at radius 1 is 1.50 bits per heavy atom. The average molecular weight is 272 g/mol. The number of carbonyl (C=O) groups excluding carboxylic acids is 2. The van der Waals surface area contributed by atoms with Gasteiger partial charge in [0, 0.05) is 12.3 Å². The lowest BCUT2D eigenvalue weighted by Crippen LogP contribution is -2.44. The maximum Gasteiger partial charge on any atom is 0.408 e. The van der Waals surface area contributed by atoms with Gasteiger partial charge < -0.3 is 15.0 Å². The maximum absolute atomic E-state index is 11.9. The zero-order valence-electron chi connectivity index (χ0n) is 11.0. The van der Waals surface area contributed by atoms with Crippen molar-refractivity contribution in [3.63, 3.8) is 0 Å². The highest BCUT2D eigenvalue weighted by atomic mass is 32.1. The van der Waals surface area contributed by atoms with E-state index in [1.54, 1.807) is 25.7 Å². The van der Waals surface area contributed by atoms with Crippen molar-refractivity contribution < 1.29 is 14.3 Å². The van der Waals surface area contributed by atoms with Crippen LogP contribution in [0.15, 0.2) is 12.2 Å². The Kier molecular flexibility index (Phi) is 5.07. The summed E-state index contributed by atoms with van der Waals surface area (Å²) in [5.41, 5.74) is -0.560. The van der Waals surface area contributed by atoms with E-state index in [-0.39, 0.29) is 18.5 Å². The van der Waals surface area contributed by atoms with Crippen LogP contribution >= 0.6 is 12.6 Å². The SMILES string of the molecule is CC(C)(C)OC(=O)NCC(=O)N1CC=CC1CS. The first-order chi connectivity index (χ1) is 8.33. The van der Waals surface area contributed by atoms with Gasteiger partial charge in [-0.1, -0.05) is 12.2 Å². The van der Waals surface area contributed by atoms with E-state index in [2.05, 4.69) is 17.9 Å². The highest BCUT2D eigenvalue weighted by molar-refractivity contribution is 7.80. The molecule has 0 aromatic rings. The van der Waals surface area contributed by atoms with Gasteiger partial charge in [-0.15, -0.1) is 0 Å². The topological polar surface area (TPSA) is 58.6 Å². The predicted octanol–water partition coefficient (Wildman–Crippen LogP) is 1.21. The molecule has 1 aliphatic heterocycles. The van der Waals surface area contributed by atoms with Gasteiger partial charge in [0.2, 0.25) is 5.91 Å². The Morgan fingerprint density at radius 2 is 2.17 bits per heavy atom. The summed E-state index contributed by atoms with van der Waals surface area (Å²) in [4.78, 5) is 24.9. The van der Waals surface area contributed by atoms with Gasteiger partial charge in [-0.2, -0.15) is 12.6 Å². The van der Waals surface area contributed by atoms with E-state index < -0.39 is 11.7 Å². The first kappa shape index (κ1) is 14.9. The summed E-state index contributed by atoms with van der Waals surface area (Å²) in [6.07, 6.45) is 3.29. The van der Waals surface area contributed by atoms with Gasteiger partial charge in [0.05, 0.1) is 6.04 Å². The summed E-state index contributed by atoms with van der Waals surface area (Å²) < 4.78 is 5.05. The van der Waals surface area contributed by atoms with Crippen molar-refractivity contribution in [3.8, 4) is 0 Å². The van der Waals surface area contributed by atoms with Gasteiger partial charge in [0.1, 0.15) is 12.1 Å². The Morgan fingerprint density at radius 3 is 2.72 bits per heavy atom. The van der Waals surface area contributed by atoms with Crippen LogP contribution in [0.4, 0.5) is 4.79 Å². The fourth-order valence-electron chi connectivity index (χ4n) is 1.58. The number of rotatable bonds is 3. The normalized spacial score (nSPS) is 18.9. The molecule has 6 heteroatoms. The molecule has 0 aromatic carbocycles. The van der Waals surface area contributed by atoms with Crippen molar-refractivity contribution in [2.45, 2.75) is 32.4 Å². The van der Waals surface area contributed by atoms with E-state index in [4.69, 9.17) is 4.74 Å². The summed E-state index contributed by atoms with van der Waals surface area (Å²) >= 11 is 4.18. The van der Waals surface area contributed by atoms with Crippen LogP contribution < -0.4 is 5.32 Å². The molecule has 0 fully saturated rings. The van der Waals surface area contributed by atoms with Crippen LogP contribution in [-0.2, 0) is 9.53 Å². The molecule has 0 saturated heterocycles. The van der Waals surface area contributed by atoms with E-state index in [1.807, 2.05) is 12.2 Å². The Labute approximate surface area is 113 Å². The van der Waals surface area contributed by atoms with Gasteiger partial charge in [-0.25, -0.2) is 4.79 Å². The van der Waals surface area contributed by atoms with Gasteiger partial charge in [-0.3, -0.25) is 4.79 Å². The molecule has 1 unspecified atom stereocenters. The zero-order chi connectivity index (χ0) is 13.8. The second-order valence-electron chi connectivity index (χ2n) is 5.08. The molecule has 0 radical (unpaired) electrons. The molecule has 0 aromatic heterocycles. The Hall–Kier alpha value is -1.17. The van der Waals surface area contributed by atoms with Crippen LogP contribution in [0.1, 0.15) is 20.8 Å². The van der Waals surface area contributed by atoms with Crippen LogP contribution in [-0.4, -0.2) is 47.4 Å². The smallest absolute Gasteiger partial charge is 0.408 e. The summed E-state index contributed by atoms with van der Waals surface area (Å²) in [6, 6.07) is 0.0151. The molecule has 18 heavy (non-hydrogen) atoms. The predicted molar refractivity (Wildman–Crippen MR) is 72.7 cm³/mol. The van der Waals surface area contributed by atoms with Crippen LogP contribution in [0, 0.1) is 0 Å². The molecule has 2 amide bonds. The van der Waals surface area contributed by atoms with Crippen molar-refractivity contribution in [3.05, 3.63) is 12.2 Å². The molecular weight excluding hydrogens is 252 g/mol. The fourth-order valence-corrected chi connectivity index (χ4v) is 1.90. The summed E-state index contributed by atoms with van der Waals surface area (Å²) in [5.74, 6) is 0.444. The lowest BCUT2D eigenvalue weighted by Gasteiger charge is -2.24. The number of alkyl carbamates (subject to hydrolysis) is 1. The van der Waals surface area contributed by atoms with E-state index in [1.165, 1.54) is 0 Å². The molecule has 0 bridgehead atoms. The van der Waals surface area contributed by atoms with Gasteiger partial charge in [0.25, 0.3) is 0 Å². The van der Waals surface area contributed by atoms with E-state index in [0.717, 1.165) is 0 Å². The number of amides is 2. The van der Waals surface area contributed by atoms with Crippen LogP contribution in [0.5, 0.6) is 0 Å². The minimum atomic E-state index is -0.578. The Bertz CT molecular complexity index is 350. The van der Waals surface area contributed by atoms with Crippen LogP contribution in [0.2, 0.25) is 0 Å². The molecule has 102 valence electrons. The van der Waals surface area contributed by atoms with E-state index in [9.17, 15) is 9.59 Å². The largest absolute Gasteiger partial charge is 0.444 e. The van der Waals surface area contributed by atoms with E-state index >= 15 is 0 Å². The van der Waals surface area contributed by atoms with Crippen molar-refractivity contribution in [2.24, 2.45) is 0 Å². The molecule has 1 heterocycles. The molecule has 1 N–H and O–H groups in total. The summed E-state index contributed by atoms with van der Waals surface area (Å²) in [7, 11) is 0. The molecule has 0 spiro atoms. The average Bonchev–Trinajstić information content (AvgIpc) is 2.71. The molecule has 1 aliphatic rings. The number of hydrogen-bond donors (Lipinski definition) is 2. The summed E-state index contributed by atoms with van der Waals surface area (Å²) in [5, 5.41) is 2.46. The van der Waals surface area contributed by atoms with Crippen molar-refractivity contribution in [1.82, 2.24) is 10.2 Å². The first-order valence-electron chi connectivity index (χ1n) is 5.87. The molecule has 1 atom stereocenters. The van der Waals surface area contributed by atoms with Gasteiger partial charge >= 0.3 is 6.09 Å². The lowest BCUT2D eigenvalue weighted by molar-refractivity contribution is -0.130. The van der Waals surface area contributed by atoms with E-state index in [0.29, 0.717) is 12.3 Å². The lowest BCUT2D eigenvalue weighted by atomic mass is 10.2. The summed E-state index contributed by atoms with van der Waals surface area (Å²) in [6.45, 7) is 5.84. The van der Waals surface area contributed by atoms with Gasteiger partial charge in [-0.05, 0) is 20.8 Å². The fraction of sp³-hybridized carbons (Fsp3) is 0.667. The second-order valence-corrected chi connectivity index (χ2v) is 5.44. The Balaban J connectivity index is 2.35. The standard InChI is InChI=1S/C12H20N2O3S/c1-12(2,3)17-11(16)13-7-10(15)14-6-4-5-9(14)8-18/h4-5,9,18H,6-8H2,1-3H3,(H,13,16). The molecule has 0 saturated carbocycles. The number of nitrogens with one attached hydrogen (secondary N) is 1. The highest BCUT2D eigenvalue weighted by Crippen LogP contribution is 2.11. The molecule has 1 rings (SSSR count). The third-order valence-corrected chi connectivity index (χ3v) is 2.73. The molecule has 0 aliphatic carbocycles. The second kappa shape index (κ2) is 6.13. The first-order valence-corrected chi connectivity index (χ1v) is 6.50. The van der Waals surface area contributed by atoms with Crippen molar-refractivity contribution in [1.29, 1.82) is 0 Å². The molecular formula is C12H20N2O3S. The number of nitrogens with zero attached hydrogens (tertiary/aromatic N) is 1. The quantitative estimate of drug-likeness (QED) is 0.600. The highest BCUT2D eigenvalue weighted by Gasteiger charge is 2.24. The number of carbonyl (C=O) groups is 2. The minimum Gasteiger partial charge on any atom is -0.444 e. The third kappa shape index (κ3) is 4.60. The van der Waals surface area contributed by atoms with Crippen molar-refractivity contribution >= 4 is 24.6 Å².